The Labute approximate surface area is 160 Å². The third kappa shape index (κ3) is 5.90. The SMILES string of the molecule is CS(=O)(=O)N1CCCC12CCCN(Cc1ccsc1)C2.O=C(O)C(F)(F)F. The molecule has 1 atom stereocenters. The van der Waals surface area contributed by atoms with Gasteiger partial charge in [-0.1, -0.05) is 0 Å². The van der Waals surface area contributed by atoms with E-state index in [1.165, 1.54) is 11.8 Å². The van der Waals surface area contributed by atoms with E-state index in [0.717, 1.165) is 45.3 Å². The Kier molecular flexibility index (Phi) is 6.93. The van der Waals surface area contributed by atoms with Crippen LogP contribution in [-0.4, -0.2) is 66.3 Å². The third-order valence-corrected chi connectivity index (χ3v) is 6.90. The second-order valence-corrected chi connectivity index (χ2v) is 9.60. The van der Waals surface area contributed by atoms with Crippen LogP contribution in [0.25, 0.3) is 0 Å². The molecule has 11 heteroatoms. The molecule has 0 amide bonds. The van der Waals surface area contributed by atoms with Crippen molar-refractivity contribution in [1.29, 1.82) is 0 Å². The molecule has 1 N–H and O–H groups in total. The number of carboxylic acid groups (broad SMARTS) is 1. The van der Waals surface area contributed by atoms with Gasteiger partial charge in [0.15, 0.2) is 0 Å². The number of nitrogens with zero attached hydrogens (tertiary/aromatic N) is 2. The Morgan fingerprint density at radius 3 is 2.37 bits per heavy atom. The summed E-state index contributed by atoms with van der Waals surface area (Å²) in [5.41, 5.74) is 1.21. The average molecular weight is 428 g/mol. The molecule has 154 valence electrons. The zero-order valence-corrected chi connectivity index (χ0v) is 16.5. The van der Waals surface area contributed by atoms with Crippen molar-refractivity contribution in [2.75, 3.05) is 25.9 Å². The number of carboxylic acids is 1. The van der Waals surface area contributed by atoms with Gasteiger partial charge >= 0.3 is 12.1 Å². The molecule has 2 saturated heterocycles. The lowest BCUT2D eigenvalue weighted by Gasteiger charge is -2.44. The van der Waals surface area contributed by atoms with E-state index < -0.39 is 22.2 Å². The van der Waals surface area contributed by atoms with Gasteiger partial charge in [-0.3, -0.25) is 4.90 Å². The van der Waals surface area contributed by atoms with E-state index in [9.17, 15) is 21.6 Å². The van der Waals surface area contributed by atoms with Gasteiger partial charge in [-0.2, -0.15) is 28.8 Å². The standard InChI is InChI=1S/C14H22N2O2S2.C2HF3O2/c1-20(17,18)16-8-3-6-14(16)5-2-7-15(12-14)10-13-4-9-19-11-13;3-2(4,5)1(6)7/h4,9,11H,2-3,5-8,10,12H2,1H3;(H,6,7). The predicted octanol–water partition coefficient (Wildman–Crippen LogP) is 2.77. The number of halogens is 3. The van der Waals surface area contributed by atoms with Gasteiger partial charge < -0.3 is 5.11 Å². The van der Waals surface area contributed by atoms with Crippen molar-refractivity contribution in [3.63, 3.8) is 0 Å². The number of carbonyl (C=O) groups is 1. The number of alkyl halides is 3. The molecule has 2 fully saturated rings. The van der Waals surface area contributed by atoms with Crippen LogP contribution < -0.4 is 0 Å². The molecule has 2 aliphatic heterocycles. The lowest BCUT2D eigenvalue weighted by atomic mass is 9.87. The highest BCUT2D eigenvalue weighted by Crippen LogP contribution is 2.39. The fourth-order valence-corrected chi connectivity index (χ4v) is 5.89. The number of aliphatic carboxylic acids is 1. The van der Waals surface area contributed by atoms with Crippen molar-refractivity contribution in [2.24, 2.45) is 0 Å². The van der Waals surface area contributed by atoms with E-state index in [1.54, 1.807) is 15.6 Å². The van der Waals surface area contributed by atoms with Crippen LogP contribution in [-0.2, 0) is 21.4 Å². The summed E-state index contributed by atoms with van der Waals surface area (Å²) in [4.78, 5) is 11.3. The molecule has 0 radical (unpaired) electrons. The number of piperidine rings is 1. The first kappa shape index (κ1) is 22.1. The molecule has 0 saturated carbocycles. The van der Waals surface area contributed by atoms with Crippen LogP contribution in [0.5, 0.6) is 0 Å². The van der Waals surface area contributed by atoms with E-state index in [-0.39, 0.29) is 5.54 Å². The van der Waals surface area contributed by atoms with Crippen molar-refractivity contribution in [1.82, 2.24) is 9.21 Å². The Hall–Kier alpha value is -1.17. The summed E-state index contributed by atoms with van der Waals surface area (Å²) in [5.74, 6) is -2.76. The molecule has 0 aromatic carbocycles. The molecular weight excluding hydrogens is 405 g/mol. The molecule has 0 aliphatic carbocycles. The van der Waals surface area contributed by atoms with Crippen molar-refractivity contribution in [3.8, 4) is 0 Å². The Morgan fingerprint density at radius 2 is 1.89 bits per heavy atom. The first-order valence-electron chi connectivity index (χ1n) is 8.45. The maximum Gasteiger partial charge on any atom is 0.490 e. The minimum absolute atomic E-state index is 0.137. The Balaban J connectivity index is 0.000000321. The summed E-state index contributed by atoms with van der Waals surface area (Å²) >= 11 is 1.72. The number of rotatable bonds is 3. The number of likely N-dealkylation sites (tertiary alicyclic amines) is 1. The van der Waals surface area contributed by atoms with Crippen molar-refractivity contribution in [3.05, 3.63) is 22.4 Å². The second kappa shape index (κ2) is 8.46. The zero-order valence-electron chi connectivity index (χ0n) is 14.9. The van der Waals surface area contributed by atoms with Crippen LogP contribution in [0.3, 0.4) is 0 Å². The summed E-state index contributed by atoms with van der Waals surface area (Å²) in [6, 6.07) is 2.16. The largest absolute Gasteiger partial charge is 0.490 e. The molecule has 27 heavy (non-hydrogen) atoms. The molecule has 0 bridgehead atoms. The van der Waals surface area contributed by atoms with Gasteiger partial charge in [-0.05, 0) is 54.6 Å². The minimum Gasteiger partial charge on any atom is -0.475 e. The summed E-state index contributed by atoms with van der Waals surface area (Å²) < 4.78 is 57.6. The van der Waals surface area contributed by atoms with Crippen LogP contribution in [0.4, 0.5) is 13.2 Å². The predicted molar refractivity (Wildman–Crippen MR) is 96.0 cm³/mol. The van der Waals surface area contributed by atoms with E-state index in [0.29, 0.717) is 6.54 Å². The number of hydrogen-bond donors (Lipinski definition) is 1. The fourth-order valence-electron chi connectivity index (χ4n) is 3.82. The first-order chi connectivity index (χ1) is 12.4. The Bertz CT molecular complexity index is 737. The van der Waals surface area contributed by atoms with E-state index >= 15 is 0 Å². The molecule has 1 aromatic rings. The van der Waals surface area contributed by atoms with E-state index in [2.05, 4.69) is 21.7 Å². The smallest absolute Gasteiger partial charge is 0.475 e. The maximum atomic E-state index is 12.0. The highest BCUT2D eigenvalue weighted by atomic mass is 32.2. The lowest BCUT2D eigenvalue weighted by Crippen LogP contribution is -2.56. The van der Waals surface area contributed by atoms with E-state index in [1.807, 2.05) is 0 Å². The van der Waals surface area contributed by atoms with Crippen LogP contribution in [0.15, 0.2) is 16.8 Å². The maximum absolute atomic E-state index is 12.0. The van der Waals surface area contributed by atoms with Gasteiger partial charge in [0.2, 0.25) is 10.0 Å². The number of thiophene rings is 1. The van der Waals surface area contributed by atoms with Crippen LogP contribution in [0, 0.1) is 0 Å². The van der Waals surface area contributed by atoms with E-state index in [4.69, 9.17) is 9.90 Å². The topological polar surface area (TPSA) is 77.9 Å². The van der Waals surface area contributed by atoms with Gasteiger partial charge in [0.05, 0.1) is 6.26 Å². The van der Waals surface area contributed by atoms with Gasteiger partial charge in [-0.15, -0.1) is 0 Å². The Morgan fingerprint density at radius 1 is 1.30 bits per heavy atom. The highest BCUT2D eigenvalue weighted by molar-refractivity contribution is 7.88. The van der Waals surface area contributed by atoms with Gasteiger partial charge in [0, 0.05) is 25.2 Å². The third-order valence-electron chi connectivity index (χ3n) is 4.80. The van der Waals surface area contributed by atoms with Crippen molar-refractivity contribution < 1.29 is 31.5 Å². The normalized spacial score (nSPS) is 24.6. The van der Waals surface area contributed by atoms with Gasteiger partial charge in [0.25, 0.3) is 0 Å². The van der Waals surface area contributed by atoms with Crippen molar-refractivity contribution >= 4 is 27.3 Å². The summed E-state index contributed by atoms with van der Waals surface area (Å²) in [5, 5.41) is 11.4. The molecule has 1 unspecified atom stereocenters. The number of sulfonamides is 1. The van der Waals surface area contributed by atoms with Crippen LogP contribution >= 0.6 is 11.3 Å². The molecule has 3 rings (SSSR count). The van der Waals surface area contributed by atoms with Crippen LogP contribution in [0.2, 0.25) is 0 Å². The van der Waals surface area contributed by atoms with Crippen molar-refractivity contribution in [2.45, 2.75) is 43.9 Å². The lowest BCUT2D eigenvalue weighted by molar-refractivity contribution is -0.192. The average Bonchev–Trinajstić information content (AvgIpc) is 3.17. The quantitative estimate of drug-likeness (QED) is 0.801. The monoisotopic (exact) mass is 428 g/mol. The first-order valence-corrected chi connectivity index (χ1v) is 11.2. The van der Waals surface area contributed by atoms with Gasteiger partial charge in [0.1, 0.15) is 0 Å². The number of hydrogen-bond acceptors (Lipinski definition) is 5. The van der Waals surface area contributed by atoms with Crippen LogP contribution in [0.1, 0.15) is 31.2 Å². The fraction of sp³-hybridized carbons (Fsp3) is 0.688. The summed E-state index contributed by atoms with van der Waals surface area (Å²) in [7, 11) is -3.09. The molecule has 6 nitrogen and oxygen atoms in total. The zero-order chi connectivity index (χ0) is 20.3. The minimum atomic E-state index is -5.08. The molecule has 1 spiro atoms. The molecule has 2 aliphatic rings. The van der Waals surface area contributed by atoms with Gasteiger partial charge in [-0.25, -0.2) is 13.2 Å². The summed E-state index contributed by atoms with van der Waals surface area (Å²) in [6.45, 7) is 3.61. The second-order valence-electron chi connectivity index (χ2n) is 6.91. The highest BCUT2D eigenvalue weighted by Gasteiger charge is 2.47. The molecule has 3 heterocycles. The molecule has 1 aromatic heterocycles. The summed E-state index contributed by atoms with van der Waals surface area (Å²) in [6.07, 6.45) is 0.397. The molecular formula is C16H23F3N2O4S2.